The Balaban J connectivity index is 1.64. The summed E-state index contributed by atoms with van der Waals surface area (Å²) < 4.78 is 25.1. The van der Waals surface area contributed by atoms with Crippen molar-refractivity contribution in [3.05, 3.63) is 75.6 Å². The maximum Gasteiger partial charge on any atom is 0.345 e. The molecule has 0 bridgehead atoms. The summed E-state index contributed by atoms with van der Waals surface area (Å²) in [6.45, 7) is 2.81. The normalized spacial score (nSPS) is 12.6. The maximum atomic E-state index is 13.1. The molecule has 2 aromatic carbocycles. The number of hydrogen-bond donors (Lipinski definition) is 0. The molecule has 1 aromatic heterocycles. The molecular weight excluding hydrogens is 453 g/mol. The van der Waals surface area contributed by atoms with E-state index >= 15 is 0 Å². The van der Waals surface area contributed by atoms with E-state index in [0.29, 0.717) is 5.95 Å². The smallest absolute Gasteiger partial charge is 0.345 e. The van der Waals surface area contributed by atoms with Crippen molar-refractivity contribution in [2.75, 3.05) is 18.1 Å². The molecule has 0 aliphatic carbocycles. The van der Waals surface area contributed by atoms with Crippen molar-refractivity contribution in [1.29, 1.82) is 0 Å². The van der Waals surface area contributed by atoms with Crippen molar-refractivity contribution in [3.63, 3.8) is 0 Å². The fourth-order valence-corrected chi connectivity index (χ4v) is 3.67. The van der Waals surface area contributed by atoms with Crippen LogP contribution in [0.3, 0.4) is 0 Å². The average Bonchev–Trinajstić information content (AvgIpc) is 3.16. The van der Waals surface area contributed by atoms with E-state index in [-0.39, 0.29) is 30.5 Å². The Hall–Kier alpha value is -3.00. The van der Waals surface area contributed by atoms with E-state index < -0.39 is 5.97 Å². The number of nitrogens with zero attached hydrogens (tertiary/aromatic N) is 3. The number of aromatic nitrogens is 2. The van der Waals surface area contributed by atoms with E-state index in [9.17, 15) is 9.18 Å². The van der Waals surface area contributed by atoms with Crippen LogP contribution >= 0.6 is 15.9 Å². The van der Waals surface area contributed by atoms with Gasteiger partial charge in [0.2, 0.25) is 11.8 Å². The van der Waals surface area contributed by atoms with Crippen molar-refractivity contribution in [3.8, 4) is 5.88 Å². The van der Waals surface area contributed by atoms with Gasteiger partial charge < -0.3 is 14.4 Å². The number of carbonyl (C=O) groups excluding carboxylic acids is 1. The third-order valence-corrected chi connectivity index (χ3v) is 5.20. The van der Waals surface area contributed by atoms with Crippen LogP contribution in [0.2, 0.25) is 0 Å². The Morgan fingerprint density at radius 3 is 2.80 bits per heavy atom. The van der Waals surface area contributed by atoms with E-state index in [4.69, 9.17) is 9.47 Å². The molecule has 1 aliphatic rings. The first-order valence-corrected chi connectivity index (χ1v) is 10.3. The van der Waals surface area contributed by atoms with Crippen molar-refractivity contribution in [2.45, 2.75) is 20.0 Å². The highest BCUT2D eigenvalue weighted by Crippen LogP contribution is 2.35. The zero-order chi connectivity index (χ0) is 21.1. The molecule has 0 atom stereocenters. The lowest BCUT2D eigenvalue weighted by molar-refractivity contribution is 0.0519. The van der Waals surface area contributed by atoms with Crippen LogP contribution in [0.25, 0.3) is 0 Å². The number of benzene rings is 2. The Kier molecular flexibility index (Phi) is 5.94. The molecule has 0 N–H and O–H groups in total. The minimum absolute atomic E-state index is 0.132. The van der Waals surface area contributed by atoms with E-state index in [2.05, 4.69) is 32.0 Å². The molecule has 0 radical (unpaired) electrons. The molecule has 0 fully saturated rings. The topological polar surface area (TPSA) is 64.5 Å². The molecular formula is C22H19BrFN3O3. The van der Waals surface area contributed by atoms with E-state index in [1.54, 1.807) is 19.1 Å². The Bertz CT molecular complexity index is 1080. The predicted octanol–water partition coefficient (Wildman–Crippen LogP) is 4.83. The lowest BCUT2D eigenvalue weighted by Crippen LogP contribution is -2.18. The number of hydrogen-bond acceptors (Lipinski definition) is 6. The molecule has 0 saturated carbocycles. The van der Waals surface area contributed by atoms with Crippen LogP contribution in [-0.4, -0.2) is 29.1 Å². The fourth-order valence-electron chi connectivity index (χ4n) is 3.26. The fraction of sp³-hybridized carbons (Fsp3) is 0.227. The number of anilines is 2. The van der Waals surface area contributed by atoms with Gasteiger partial charge in [0.1, 0.15) is 18.0 Å². The van der Waals surface area contributed by atoms with E-state index in [1.165, 1.54) is 23.9 Å². The number of ether oxygens (including phenoxy) is 2. The van der Waals surface area contributed by atoms with Gasteiger partial charge in [-0.2, -0.15) is 4.98 Å². The summed E-state index contributed by atoms with van der Waals surface area (Å²) in [7, 11) is 0. The van der Waals surface area contributed by atoms with Crippen molar-refractivity contribution in [2.24, 2.45) is 0 Å². The summed E-state index contributed by atoms with van der Waals surface area (Å²) in [6, 6.07) is 12.0. The molecule has 8 heteroatoms. The number of carbonyl (C=O) groups is 1. The van der Waals surface area contributed by atoms with Crippen LogP contribution in [0.1, 0.15) is 28.4 Å². The van der Waals surface area contributed by atoms with Crippen LogP contribution in [-0.2, 0) is 17.8 Å². The second kappa shape index (κ2) is 8.79. The molecule has 0 spiro atoms. The molecule has 0 amide bonds. The Morgan fingerprint density at radius 2 is 2.03 bits per heavy atom. The minimum atomic E-state index is -0.552. The van der Waals surface area contributed by atoms with Gasteiger partial charge in [0.25, 0.3) is 0 Å². The first-order chi connectivity index (χ1) is 14.5. The number of halogens is 2. The zero-order valence-corrected chi connectivity index (χ0v) is 17.9. The molecule has 4 rings (SSSR count). The van der Waals surface area contributed by atoms with Crippen LogP contribution in [0.5, 0.6) is 5.88 Å². The molecule has 154 valence electrons. The number of rotatable bonds is 6. The SMILES string of the molecule is CCOC(=O)c1cnc(N2CCc3cc(Br)ccc32)nc1OCc1ccc(F)cc1. The highest BCUT2D eigenvalue weighted by atomic mass is 79.9. The van der Waals surface area contributed by atoms with Gasteiger partial charge in [-0.3, -0.25) is 0 Å². The van der Waals surface area contributed by atoms with Crippen LogP contribution in [0.4, 0.5) is 16.0 Å². The van der Waals surface area contributed by atoms with Crippen LogP contribution in [0.15, 0.2) is 53.1 Å². The highest BCUT2D eigenvalue weighted by molar-refractivity contribution is 9.10. The van der Waals surface area contributed by atoms with Gasteiger partial charge in [0, 0.05) is 16.7 Å². The molecule has 2 heterocycles. The summed E-state index contributed by atoms with van der Waals surface area (Å²) in [5.41, 5.74) is 3.11. The molecule has 0 saturated heterocycles. The highest BCUT2D eigenvalue weighted by Gasteiger charge is 2.25. The van der Waals surface area contributed by atoms with Gasteiger partial charge in [-0.25, -0.2) is 14.2 Å². The van der Waals surface area contributed by atoms with Crippen molar-refractivity contribution >= 4 is 33.5 Å². The third-order valence-electron chi connectivity index (χ3n) is 4.70. The van der Waals surface area contributed by atoms with Gasteiger partial charge in [-0.15, -0.1) is 0 Å². The van der Waals surface area contributed by atoms with Gasteiger partial charge in [-0.05, 0) is 54.8 Å². The van der Waals surface area contributed by atoms with Crippen LogP contribution in [0, 0.1) is 5.82 Å². The maximum absolute atomic E-state index is 13.1. The molecule has 0 unspecified atom stereocenters. The Morgan fingerprint density at radius 1 is 1.23 bits per heavy atom. The summed E-state index contributed by atoms with van der Waals surface area (Å²) in [6.07, 6.45) is 2.29. The summed E-state index contributed by atoms with van der Waals surface area (Å²) >= 11 is 3.50. The second-order valence-electron chi connectivity index (χ2n) is 6.70. The number of fused-ring (bicyclic) bond motifs is 1. The first kappa shape index (κ1) is 20.3. The van der Waals surface area contributed by atoms with Crippen LogP contribution < -0.4 is 9.64 Å². The lowest BCUT2D eigenvalue weighted by Gasteiger charge is -2.19. The van der Waals surface area contributed by atoms with E-state index in [1.807, 2.05) is 17.0 Å². The largest absolute Gasteiger partial charge is 0.472 e. The number of esters is 1. The summed E-state index contributed by atoms with van der Waals surface area (Å²) in [5.74, 6) is -0.301. The van der Waals surface area contributed by atoms with Crippen molar-refractivity contribution < 1.29 is 18.7 Å². The van der Waals surface area contributed by atoms with Crippen molar-refractivity contribution in [1.82, 2.24) is 9.97 Å². The second-order valence-corrected chi connectivity index (χ2v) is 7.61. The molecule has 1 aliphatic heterocycles. The van der Waals surface area contributed by atoms with Gasteiger partial charge in [0.05, 0.1) is 12.8 Å². The standard InChI is InChI=1S/C22H19BrFN3O3/c1-2-29-21(28)18-12-25-22(27-10-9-15-11-16(23)5-8-19(15)27)26-20(18)30-13-14-3-6-17(24)7-4-14/h3-8,11-12H,2,9-10,13H2,1H3. The van der Waals surface area contributed by atoms with Gasteiger partial charge in [-0.1, -0.05) is 28.1 Å². The average molecular weight is 472 g/mol. The molecule has 6 nitrogen and oxygen atoms in total. The molecule has 3 aromatic rings. The first-order valence-electron chi connectivity index (χ1n) is 9.52. The monoisotopic (exact) mass is 471 g/mol. The summed E-state index contributed by atoms with van der Waals surface area (Å²) in [4.78, 5) is 23.2. The minimum Gasteiger partial charge on any atom is -0.472 e. The van der Waals surface area contributed by atoms with E-state index in [0.717, 1.165) is 28.7 Å². The zero-order valence-electron chi connectivity index (χ0n) is 16.3. The third kappa shape index (κ3) is 4.28. The van der Waals surface area contributed by atoms with Gasteiger partial charge >= 0.3 is 5.97 Å². The quantitative estimate of drug-likeness (QED) is 0.479. The molecule has 30 heavy (non-hydrogen) atoms. The summed E-state index contributed by atoms with van der Waals surface area (Å²) in [5, 5.41) is 0. The van der Waals surface area contributed by atoms with Gasteiger partial charge in [0.15, 0.2) is 0 Å². The lowest BCUT2D eigenvalue weighted by atomic mass is 10.2. The predicted molar refractivity (Wildman–Crippen MR) is 114 cm³/mol. The Labute approximate surface area is 181 Å².